The standard InChI is InChI=1S/C12H14FNO2/c1-8(2)7-14(3)12(16)11-9(13)5-4-6-10(11)15/h4-6,15H,1,7H2,2-3H3. The molecule has 0 saturated heterocycles. The van der Waals surface area contributed by atoms with Crippen molar-refractivity contribution in [3.8, 4) is 5.75 Å². The third-order valence-corrected chi connectivity index (χ3v) is 2.06. The number of carbonyl (C=O) groups excluding carboxylic acids is 1. The van der Waals surface area contributed by atoms with E-state index in [0.717, 1.165) is 11.6 Å². The summed E-state index contributed by atoms with van der Waals surface area (Å²) < 4.78 is 13.4. The molecule has 0 atom stereocenters. The Morgan fingerprint density at radius 1 is 1.56 bits per heavy atom. The fraction of sp³-hybridized carbons (Fsp3) is 0.250. The van der Waals surface area contributed by atoms with E-state index in [1.54, 1.807) is 6.92 Å². The van der Waals surface area contributed by atoms with E-state index in [2.05, 4.69) is 6.58 Å². The first-order valence-corrected chi connectivity index (χ1v) is 4.80. The summed E-state index contributed by atoms with van der Waals surface area (Å²) in [6, 6.07) is 3.77. The second-order valence-corrected chi connectivity index (χ2v) is 3.75. The zero-order valence-corrected chi connectivity index (χ0v) is 9.33. The van der Waals surface area contributed by atoms with Gasteiger partial charge in [-0.1, -0.05) is 18.2 Å². The van der Waals surface area contributed by atoms with Crippen LogP contribution in [0.5, 0.6) is 5.75 Å². The Balaban J connectivity index is 3.00. The summed E-state index contributed by atoms with van der Waals surface area (Å²) in [5.74, 6) is -1.63. The van der Waals surface area contributed by atoms with Crippen molar-refractivity contribution in [3.05, 3.63) is 41.7 Å². The van der Waals surface area contributed by atoms with Crippen molar-refractivity contribution in [2.45, 2.75) is 6.92 Å². The number of carbonyl (C=O) groups is 1. The van der Waals surface area contributed by atoms with Crippen LogP contribution in [0.25, 0.3) is 0 Å². The van der Waals surface area contributed by atoms with Gasteiger partial charge in [-0.2, -0.15) is 0 Å². The third-order valence-electron chi connectivity index (χ3n) is 2.06. The Kier molecular flexibility index (Phi) is 3.66. The molecular weight excluding hydrogens is 209 g/mol. The largest absolute Gasteiger partial charge is 0.507 e. The maximum Gasteiger partial charge on any atom is 0.260 e. The van der Waals surface area contributed by atoms with Crippen molar-refractivity contribution in [2.24, 2.45) is 0 Å². The normalized spacial score (nSPS) is 9.94. The molecule has 0 aliphatic carbocycles. The number of benzene rings is 1. The molecule has 1 aromatic carbocycles. The lowest BCUT2D eigenvalue weighted by Gasteiger charge is -2.17. The maximum absolute atomic E-state index is 13.4. The minimum atomic E-state index is -0.724. The van der Waals surface area contributed by atoms with Crippen molar-refractivity contribution >= 4 is 5.91 Å². The number of likely N-dealkylation sites (N-methyl/N-ethyl adjacent to an activating group) is 1. The maximum atomic E-state index is 13.4. The number of amides is 1. The zero-order valence-electron chi connectivity index (χ0n) is 9.33. The zero-order chi connectivity index (χ0) is 12.3. The lowest BCUT2D eigenvalue weighted by atomic mass is 10.1. The number of halogens is 1. The van der Waals surface area contributed by atoms with Gasteiger partial charge in [0.15, 0.2) is 0 Å². The number of rotatable bonds is 3. The number of nitrogens with zero attached hydrogens (tertiary/aromatic N) is 1. The smallest absolute Gasteiger partial charge is 0.260 e. The van der Waals surface area contributed by atoms with Gasteiger partial charge in [0.1, 0.15) is 17.1 Å². The first-order valence-electron chi connectivity index (χ1n) is 4.80. The van der Waals surface area contributed by atoms with Gasteiger partial charge < -0.3 is 10.0 Å². The molecule has 0 unspecified atom stereocenters. The molecule has 0 aliphatic heterocycles. The van der Waals surface area contributed by atoms with Crippen LogP contribution >= 0.6 is 0 Å². The molecule has 1 rings (SSSR count). The quantitative estimate of drug-likeness (QED) is 0.798. The van der Waals surface area contributed by atoms with Crippen LogP contribution in [-0.4, -0.2) is 29.5 Å². The summed E-state index contributed by atoms with van der Waals surface area (Å²) in [6.45, 7) is 5.76. The minimum Gasteiger partial charge on any atom is -0.507 e. The average Bonchev–Trinajstić information content (AvgIpc) is 2.16. The predicted octanol–water partition coefficient (Wildman–Crippen LogP) is 2.18. The fourth-order valence-corrected chi connectivity index (χ4v) is 1.39. The van der Waals surface area contributed by atoms with Gasteiger partial charge in [0.05, 0.1) is 0 Å². The molecular formula is C12H14FNO2. The molecule has 86 valence electrons. The molecule has 4 heteroatoms. The topological polar surface area (TPSA) is 40.5 Å². The van der Waals surface area contributed by atoms with Crippen LogP contribution in [0.2, 0.25) is 0 Å². The molecule has 0 saturated carbocycles. The molecule has 0 aliphatic rings. The second kappa shape index (κ2) is 4.79. The highest BCUT2D eigenvalue weighted by Crippen LogP contribution is 2.21. The van der Waals surface area contributed by atoms with Crippen molar-refractivity contribution < 1.29 is 14.3 Å². The van der Waals surface area contributed by atoms with E-state index in [-0.39, 0.29) is 11.3 Å². The summed E-state index contributed by atoms with van der Waals surface area (Å²) in [7, 11) is 1.53. The Morgan fingerprint density at radius 3 is 2.69 bits per heavy atom. The molecule has 1 N–H and O–H groups in total. The minimum absolute atomic E-state index is 0.300. The van der Waals surface area contributed by atoms with Gasteiger partial charge in [-0.05, 0) is 19.1 Å². The van der Waals surface area contributed by atoms with E-state index in [0.29, 0.717) is 6.54 Å². The van der Waals surface area contributed by atoms with E-state index in [1.807, 2.05) is 0 Å². The van der Waals surface area contributed by atoms with Crippen molar-refractivity contribution in [1.29, 1.82) is 0 Å². The number of hydrogen-bond acceptors (Lipinski definition) is 2. The molecule has 0 bridgehead atoms. The number of aromatic hydroxyl groups is 1. The molecule has 1 amide bonds. The number of hydrogen-bond donors (Lipinski definition) is 1. The lowest BCUT2D eigenvalue weighted by molar-refractivity contribution is 0.0799. The monoisotopic (exact) mass is 223 g/mol. The van der Waals surface area contributed by atoms with Crippen LogP contribution in [0.3, 0.4) is 0 Å². The van der Waals surface area contributed by atoms with Crippen LogP contribution in [0.15, 0.2) is 30.4 Å². The Labute approximate surface area is 93.8 Å². The Bertz CT molecular complexity index is 409. The van der Waals surface area contributed by atoms with Gasteiger partial charge in [-0.15, -0.1) is 0 Å². The molecule has 1 aromatic rings. The van der Waals surface area contributed by atoms with Crippen LogP contribution in [-0.2, 0) is 0 Å². The second-order valence-electron chi connectivity index (χ2n) is 3.75. The molecule has 16 heavy (non-hydrogen) atoms. The SMILES string of the molecule is C=C(C)CN(C)C(=O)c1c(O)cccc1F. The van der Waals surface area contributed by atoms with Gasteiger partial charge in [0.2, 0.25) is 0 Å². The summed E-state index contributed by atoms with van der Waals surface area (Å²) >= 11 is 0. The highest BCUT2D eigenvalue weighted by atomic mass is 19.1. The van der Waals surface area contributed by atoms with E-state index >= 15 is 0 Å². The average molecular weight is 223 g/mol. The third kappa shape index (κ3) is 2.59. The molecule has 0 radical (unpaired) electrons. The molecule has 0 aromatic heterocycles. The van der Waals surface area contributed by atoms with Crippen molar-refractivity contribution in [3.63, 3.8) is 0 Å². The van der Waals surface area contributed by atoms with Crippen LogP contribution in [0.1, 0.15) is 17.3 Å². The van der Waals surface area contributed by atoms with Gasteiger partial charge in [0.25, 0.3) is 5.91 Å². The van der Waals surface area contributed by atoms with E-state index < -0.39 is 11.7 Å². The summed E-state index contributed by atoms with van der Waals surface area (Å²) in [5.41, 5.74) is 0.484. The van der Waals surface area contributed by atoms with E-state index in [9.17, 15) is 14.3 Å². The first kappa shape index (κ1) is 12.2. The number of phenolic OH excluding ortho intramolecular Hbond substituents is 1. The molecule has 0 fully saturated rings. The van der Waals surface area contributed by atoms with Crippen LogP contribution in [0.4, 0.5) is 4.39 Å². The Hall–Kier alpha value is -1.84. The molecule has 0 heterocycles. The highest BCUT2D eigenvalue weighted by Gasteiger charge is 2.19. The summed E-state index contributed by atoms with van der Waals surface area (Å²) in [4.78, 5) is 13.1. The molecule has 3 nitrogen and oxygen atoms in total. The van der Waals surface area contributed by atoms with Crippen LogP contribution < -0.4 is 0 Å². The van der Waals surface area contributed by atoms with E-state index in [1.165, 1.54) is 24.1 Å². The van der Waals surface area contributed by atoms with Gasteiger partial charge in [-0.25, -0.2) is 4.39 Å². The fourth-order valence-electron chi connectivity index (χ4n) is 1.39. The highest BCUT2D eigenvalue weighted by molar-refractivity contribution is 5.97. The van der Waals surface area contributed by atoms with Crippen molar-refractivity contribution in [1.82, 2.24) is 4.90 Å². The van der Waals surface area contributed by atoms with Gasteiger partial charge in [0, 0.05) is 13.6 Å². The first-order chi connectivity index (χ1) is 7.43. The number of phenols is 1. The van der Waals surface area contributed by atoms with Crippen LogP contribution in [0, 0.1) is 5.82 Å². The Morgan fingerprint density at radius 2 is 2.19 bits per heavy atom. The van der Waals surface area contributed by atoms with E-state index in [4.69, 9.17) is 0 Å². The molecule has 0 spiro atoms. The predicted molar refractivity (Wildman–Crippen MR) is 59.8 cm³/mol. The van der Waals surface area contributed by atoms with Crippen molar-refractivity contribution in [2.75, 3.05) is 13.6 Å². The summed E-state index contributed by atoms with van der Waals surface area (Å²) in [6.07, 6.45) is 0. The lowest BCUT2D eigenvalue weighted by Crippen LogP contribution is -2.28. The summed E-state index contributed by atoms with van der Waals surface area (Å²) in [5, 5.41) is 9.43. The van der Waals surface area contributed by atoms with Gasteiger partial charge in [-0.3, -0.25) is 4.79 Å². The van der Waals surface area contributed by atoms with Gasteiger partial charge >= 0.3 is 0 Å².